The third kappa shape index (κ3) is 1.26. The molecule has 4 unspecified atom stereocenters. The number of rotatable bonds is 0. The van der Waals surface area contributed by atoms with E-state index in [1.165, 1.54) is 12.8 Å². The molecule has 3 rings (SSSR count). The van der Waals surface area contributed by atoms with Crippen LogP contribution in [-0.2, 0) is 0 Å². The highest BCUT2D eigenvalue weighted by Gasteiger charge is 2.50. The van der Waals surface area contributed by atoms with E-state index in [0.717, 1.165) is 36.5 Å². The van der Waals surface area contributed by atoms with Gasteiger partial charge in [0.2, 0.25) is 0 Å². The SMILES string of the molecule is ClC1(Cl)CCC2C3C=CC(C3)C2C1. The van der Waals surface area contributed by atoms with Gasteiger partial charge in [0, 0.05) is 0 Å². The molecule has 0 aromatic carbocycles. The molecule has 0 aromatic heterocycles. The van der Waals surface area contributed by atoms with Gasteiger partial charge in [0.25, 0.3) is 0 Å². The fourth-order valence-electron chi connectivity index (χ4n) is 3.58. The van der Waals surface area contributed by atoms with Crippen LogP contribution in [0.3, 0.4) is 0 Å². The quantitative estimate of drug-likeness (QED) is 0.428. The second kappa shape index (κ2) is 2.67. The summed E-state index contributed by atoms with van der Waals surface area (Å²) in [5, 5.41) is 0. The molecule has 72 valence electrons. The van der Waals surface area contributed by atoms with Crippen LogP contribution in [0.25, 0.3) is 0 Å². The highest BCUT2D eigenvalue weighted by atomic mass is 35.5. The molecule has 2 heteroatoms. The van der Waals surface area contributed by atoms with Crippen molar-refractivity contribution in [3.63, 3.8) is 0 Å². The van der Waals surface area contributed by atoms with Gasteiger partial charge in [-0.1, -0.05) is 12.2 Å². The molecule has 0 spiro atoms. The van der Waals surface area contributed by atoms with Gasteiger partial charge in [-0.3, -0.25) is 0 Å². The predicted molar refractivity (Wildman–Crippen MR) is 56.0 cm³/mol. The van der Waals surface area contributed by atoms with Crippen molar-refractivity contribution in [3.05, 3.63) is 12.2 Å². The molecule has 0 N–H and O–H groups in total. The Morgan fingerprint density at radius 1 is 1.08 bits per heavy atom. The van der Waals surface area contributed by atoms with Crippen molar-refractivity contribution in [1.82, 2.24) is 0 Å². The summed E-state index contributed by atoms with van der Waals surface area (Å²) in [5.41, 5.74) is 0. The van der Waals surface area contributed by atoms with E-state index in [1.54, 1.807) is 0 Å². The predicted octanol–water partition coefficient (Wildman–Crippen LogP) is 3.78. The zero-order valence-corrected chi connectivity index (χ0v) is 9.06. The molecule has 2 saturated carbocycles. The van der Waals surface area contributed by atoms with Crippen molar-refractivity contribution < 1.29 is 0 Å². The molecular weight excluding hydrogens is 203 g/mol. The van der Waals surface area contributed by atoms with E-state index in [2.05, 4.69) is 12.2 Å². The summed E-state index contributed by atoms with van der Waals surface area (Å²) in [5.74, 6) is 3.35. The summed E-state index contributed by atoms with van der Waals surface area (Å²) in [6.07, 6.45) is 9.44. The van der Waals surface area contributed by atoms with Gasteiger partial charge in [-0.15, -0.1) is 23.2 Å². The number of hydrogen-bond acceptors (Lipinski definition) is 0. The molecule has 0 radical (unpaired) electrons. The van der Waals surface area contributed by atoms with Crippen LogP contribution in [0.1, 0.15) is 25.7 Å². The normalized spacial score (nSPS) is 50.9. The Morgan fingerprint density at radius 3 is 2.54 bits per heavy atom. The average molecular weight is 217 g/mol. The highest BCUT2D eigenvalue weighted by Crippen LogP contribution is 2.57. The molecule has 0 heterocycles. The maximum Gasteiger partial charge on any atom is 0.118 e. The molecule has 0 nitrogen and oxygen atoms in total. The molecule has 0 aromatic rings. The Kier molecular flexibility index (Phi) is 1.77. The molecule has 0 aliphatic heterocycles. The molecule has 3 aliphatic carbocycles. The highest BCUT2D eigenvalue weighted by molar-refractivity contribution is 6.48. The van der Waals surface area contributed by atoms with Crippen molar-refractivity contribution in [2.45, 2.75) is 30.0 Å². The van der Waals surface area contributed by atoms with Crippen molar-refractivity contribution in [2.24, 2.45) is 23.7 Å². The first-order chi connectivity index (χ1) is 6.16. The van der Waals surface area contributed by atoms with Crippen LogP contribution >= 0.6 is 23.2 Å². The number of fused-ring (bicyclic) bond motifs is 5. The summed E-state index contributed by atoms with van der Waals surface area (Å²) in [4.78, 5) is 0. The second-order valence-corrected chi connectivity index (χ2v) is 6.52. The minimum atomic E-state index is -0.417. The monoisotopic (exact) mass is 216 g/mol. The topological polar surface area (TPSA) is 0 Å². The molecule has 13 heavy (non-hydrogen) atoms. The van der Waals surface area contributed by atoms with Gasteiger partial charge < -0.3 is 0 Å². The molecule has 4 atom stereocenters. The Labute approximate surface area is 89.3 Å². The average Bonchev–Trinajstić information content (AvgIpc) is 2.61. The molecule has 0 amide bonds. The third-order valence-electron chi connectivity index (χ3n) is 4.18. The van der Waals surface area contributed by atoms with E-state index >= 15 is 0 Å². The lowest BCUT2D eigenvalue weighted by Crippen LogP contribution is -2.33. The van der Waals surface area contributed by atoms with Crippen LogP contribution in [0.15, 0.2) is 12.2 Å². The molecule has 0 saturated heterocycles. The first kappa shape index (κ1) is 8.61. The number of halogens is 2. The first-order valence-corrected chi connectivity index (χ1v) is 5.97. The van der Waals surface area contributed by atoms with Crippen molar-refractivity contribution in [1.29, 1.82) is 0 Å². The lowest BCUT2D eigenvalue weighted by molar-refractivity contribution is 0.213. The summed E-state index contributed by atoms with van der Waals surface area (Å²) >= 11 is 12.4. The second-order valence-electron chi connectivity index (χ2n) is 4.87. The minimum absolute atomic E-state index is 0.417. The summed E-state index contributed by atoms with van der Waals surface area (Å²) in [6.45, 7) is 0. The summed E-state index contributed by atoms with van der Waals surface area (Å²) in [6, 6.07) is 0. The van der Waals surface area contributed by atoms with Gasteiger partial charge in [0.05, 0.1) is 0 Å². The van der Waals surface area contributed by atoms with E-state index in [1.807, 2.05) is 0 Å². The smallest absolute Gasteiger partial charge is 0.102 e. The zero-order chi connectivity index (χ0) is 9.05. The maximum atomic E-state index is 6.22. The van der Waals surface area contributed by atoms with Crippen LogP contribution < -0.4 is 0 Å². The van der Waals surface area contributed by atoms with E-state index in [9.17, 15) is 0 Å². The Balaban J connectivity index is 1.86. The molecule has 3 aliphatic rings. The van der Waals surface area contributed by atoms with Crippen molar-refractivity contribution in [2.75, 3.05) is 0 Å². The van der Waals surface area contributed by atoms with Gasteiger partial charge in [0.15, 0.2) is 0 Å². The van der Waals surface area contributed by atoms with E-state index in [0.29, 0.717) is 0 Å². The van der Waals surface area contributed by atoms with Crippen molar-refractivity contribution in [3.8, 4) is 0 Å². The number of alkyl halides is 2. The lowest BCUT2D eigenvalue weighted by Gasteiger charge is -2.38. The number of allylic oxidation sites excluding steroid dienone is 2. The summed E-state index contributed by atoms with van der Waals surface area (Å²) < 4.78 is -0.417. The summed E-state index contributed by atoms with van der Waals surface area (Å²) in [7, 11) is 0. The minimum Gasteiger partial charge on any atom is -0.102 e. The van der Waals surface area contributed by atoms with Crippen LogP contribution in [0.5, 0.6) is 0 Å². The van der Waals surface area contributed by atoms with E-state index in [-0.39, 0.29) is 0 Å². The van der Waals surface area contributed by atoms with Gasteiger partial charge >= 0.3 is 0 Å². The molecular formula is C11H14Cl2. The molecule has 2 bridgehead atoms. The van der Waals surface area contributed by atoms with Crippen LogP contribution in [-0.4, -0.2) is 4.33 Å². The fraction of sp³-hybridized carbons (Fsp3) is 0.818. The molecule has 2 fully saturated rings. The number of hydrogen-bond donors (Lipinski definition) is 0. The van der Waals surface area contributed by atoms with E-state index in [4.69, 9.17) is 23.2 Å². The van der Waals surface area contributed by atoms with Crippen molar-refractivity contribution >= 4 is 23.2 Å². The van der Waals surface area contributed by atoms with Gasteiger partial charge in [-0.2, -0.15) is 0 Å². The van der Waals surface area contributed by atoms with Gasteiger partial charge in [0.1, 0.15) is 4.33 Å². The van der Waals surface area contributed by atoms with Crippen LogP contribution in [0.2, 0.25) is 0 Å². The van der Waals surface area contributed by atoms with Gasteiger partial charge in [-0.25, -0.2) is 0 Å². The van der Waals surface area contributed by atoms with Gasteiger partial charge in [-0.05, 0) is 49.4 Å². The fourth-order valence-corrected chi connectivity index (χ4v) is 4.16. The largest absolute Gasteiger partial charge is 0.118 e. The van der Waals surface area contributed by atoms with Crippen LogP contribution in [0.4, 0.5) is 0 Å². The van der Waals surface area contributed by atoms with Crippen LogP contribution in [0, 0.1) is 23.7 Å². The Hall–Kier alpha value is 0.320. The Morgan fingerprint density at radius 2 is 1.77 bits per heavy atom. The van der Waals surface area contributed by atoms with E-state index < -0.39 is 4.33 Å². The standard InChI is InChI=1S/C11H14Cl2/c12-11(13)4-3-9-7-1-2-8(5-7)10(9)6-11/h1-2,7-10H,3-6H2. The zero-order valence-electron chi connectivity index (χ0n) is 7.55. The third-order valence-corrected chi connectivity index (χ3v) is 4.86. The Bertz CT molecular complexity index is 257. The maximum absolute atomic E-state index is 6.22. The lowest BCUT2D eigenvalue weighted by atomic mass is 9.73. The first-order valence-electron chi connectivity index (χ1n) is 5.22.